The van der Waals surface area contributed by atoms with Crippen molar-refractivity contribution in [1.29, 1.82) is 0 Å². The standard InChI is InChI=1S/C18H18O2/c1-13-6-4-8-16(10-13)17-9-5-7-15(12-17)14(2)11-18(19)20-3/h4-12H,1-3H3/b14-11+. The second-order valence-electron chi connectivity index (χ2n) is 4.80. The van der Waals surface area contributed by atoms with Gasteiger partial charge in [0.15, 0.2) is 0 Å². The van der Waals surface area contributed by atoms with Crippen LogP contribution in [0.1, 0.15) is 18.1 Å². The summed E-state index contributed by atoms with van der Waals surface area (Å²) < 4.78 is 4.66. The van der Waals surface area contributed by atoms with E-state index in [9.17, 15) is 4.79 Å². The molecule has 0 aliphatic carbocycles. The van der Waals surface area contributed by atoms with Crippen molar-refractivity contribution in [2.24, 2.45) is 0 Å². The Morgan fingerprint density at radius 1 is 1.05 bits per heavy atom. The highest BCUT2D eigenvalue weighted by atomic mass is 16.5. The van der Waals surface area contributed by atoms with Crippen molar-refractivity contribution in [3.8, 4) is 11.1 Å². The first-order valence-electron chi connectivity index (χ1n) is 6.54. The highest BCUT2D eigenvalue weighted by Gasteiger charge is 2.03. The molecule has 0 saturated carbocycles. The lowest BCUT2D eigenvalue weighted by Gasteiger charge is -2.07. The summed E-state index contributed by atoms with van der Waals surface area (Å²) in [6.45, 7) is 3.99. The van der Waals surface area contributed by atoms with Crippen molar-refractivity contribution >= 4 is 11.5 Å². The number of benzene rings is 2. The second kappa shape index (κ2) is 6.20. The molecule has 20 heavy (non-hydrogen) atoms. The van der Waals surface area contributed by atoms with E-state index in [1.165, 1.54) is 24.3 Å². The fourth-order valence-electron chi connectivity index (χ4n) is 2.09. The molecule has 2 aromatic carbocycles. The van der Waals surface area contributed by atoms with Gasteiger partial charge in [0.1, 0.15) is 0 Å². The summed E-state index contributed by atoms with van der Waals surface area (Å²) in [4.78, 5) is 11.3. The Morgan fingerprint density at radius 3 is 2.35 bits per heavy atom. The van der Waals surface area contributed by atoms with Crippen molar-refractivity contribution in [1.82, 2.24) is 0 Å². The van der Waals surface area contributed by atoms with Gasteiger partial charge in [-0.3, -0.25) is 0 Å². The maximum absolute atomic E-state index is 11.3. The molecule has 0 radical (unpaired) electrons. The smallest absolute Gasteiger partial charge is 0.330 e. The molecule has 2 heteroatoms. The number of aryl methyl sites for hydroxylation is 1. The Hall–Kier alpha value is -2.35. The summed E-state index contributed by atoms with van der Waals surface area (Å²) in [5.41, 5.74) is 5.47. The van der Waals surface area contributed by atoms with E-state index in [4.69, 9.17) is 0 Å². The van der Waals surface area contributed by atoms with Crippen molar-refractivity contribution in [2.75, 3.05) is 7.11 Å². The number of allylic oxidation sites excluding steroid dienone is 1. The summed E-state index contributed by atoms with van der Waals surface area (Å²) in [7, 11) is 1.38. The number of methoxy groups -OCH3 is 1. The molecule has 2 rings (SSSR count). The average Bonchev–Trinajstić information content (AvgIpc) is 2.47. The van der Waals surface area contributed by atoms with E-state index in [1.54, 1.807) is 0 Å². The van der Waals surface area contributed by atoms with Gasteiger partial charge in [0.05, 0.1) is 7.11 Å². The molecule has 0 heterocycles. The van der Waals surface area contributed by atoms with Crippen LogP contribution in [0.3, 0.4) is 0 Å². The van der Waals surface area contributed by atoms with E-state index in [-0.39, 0.29) is 5.97 Å². The van der Waals surface area contributed by atoms with Crippen LogP contribution in [0, 0.1) is 6.92 Å². The summed E-state index contributed by atoms with van der Waals surface area (Å²) in [5.74, 6) is -0.330. The highest BCUT2D eigenvalue weighted by Crippen LogP contribution is 2.24. The SMILES string of the molecule is COC(=O)/C=C(\C)c1cccc(-c2cccc(C)c2)c1. The average molecular weight is 266 g/mol. The first kappa shape index (κ1) is 14.1. The van der Waals surface area contributed by atoms with Gasteiger partial charge in [0.25, 0.3) is 0 Å². The molecule has 0 N–H and O–H groups in total. The Morgan fingerprint density at radius 2 is 1.70 bits per heavy atom. The molecule has 0 bridgehead atoms. The van der Waals surface area contributed by atoms with Gasteiger partial charge in [-0.15, -0.1) is 0 Å². The molecule has 0 spiro atoms. The molecule has 0 aliphatic heterocycles. The maximum Gasteiger partial charge on any atom is 0.330 e. The minimum absolute atomic E-state index is 0.330. The quantitative estimate of drug-likeness (QED) is 0.613. The van der Waals surface area contributed by atoms with E-state index < -0.39 is 0 Å². The Kier molecular flexibility index (Phi) is 4.36. The summed E-state index contributed by atoms with van der Waals surface area (Å²) >= 11 is 0. The van der Waals surface area contributed by atoms with Gasteiger partial charge in [-0.25, -0.2) is 4.79 Å². The zero-order valence-electron chi connectivity index (χ0n) is 12.0. The van der Waals surface area contributed by atoms with Crippen molar-refractivity contribution in [3.63, 3.8) is 0 Å². The van der Waals surface area contributed by atoms with E-state index in [0.29, 0.717) is 0 Å². The van der Waals surface area contributed by atoms with Gasteiger partial charge >= 0.3 is 5.97 Å². The number of rotatable bonds is 3. The van der Waals surface area contributed by atoms with E-state index in [2.05, 4.69) is 48.1 Å². The van der Waals surface area contributed by atoms with Gasteiger partial charge in [0.2, 0.25) is 0 Å². The molecular formula is C18H18O2. The van der Waals surface area contributed by atoms with Crippen LogP contribution in [-0.4, -0.2) is 13.1 Å². The van der Waals surface area contributed by atoms with Gasteiger partial charge in [0, 0.05) is 6.08 Å². The fraction of sp³-hybridized carbons (Fsp3) is 0.167. The number of hydrogen-bond donors (Lipinski definition) is 0. The van der Waals surface area contributed by atoms with Gasteiger partial charge in [-0.05, 0) is 42.2 Å². The molecule has 0 aromatic heterocycles. The van der Waals surface area contributed by atoms with Gasteiger partial charge in [-0.1, -0.05) is 48.0 Å². The predicted octanol–water partition coefficient (Wildman–Crippen LogP) is 4.24. The van der Waals surface area contributed by atoms with E-state index in [1.807, 2.05) is 19.1 Å². The monoisotopic (exact) mass is 266 g/mol. The minimum Gasteiger partial charge on any atom is -0.466 e. The normalized spacial score (nSPS) is 11.2. The second-order valence-corrected chi connectivity index (χ2v) is 4.80. The van der Waals surface area contributed by atoms with Crippen LogP contribution in [0.25, 0.3) is 16.7 Å². The summed E-state index contributed by atoms with van der Waals surface area (Å²) in [6.07, 6.45) is 1.51. The number of esters is 1. The first-order valence-corrected chi connectivity index (χ1v) is 6.54. The number of carbonyl (C=O) groups excluding carboxylic acids is 1. The largest absolute Gasteiger partial charge is 0.466 e. The predicted molar refractivity (Wildman–Crippen MR) is 82.3 cm³/mol. The lowest BCUT2D eigenvalue weighted by Crippen LogP contribution is -1.95. The van der Waals surface area contributed by atoms with E-state index in [0.717, 1.165) is 16.7 Å². The summed E-state index contributed by atoms with van der Waals surface area (Å²) in [5, 5.41) is 0. The van der Waals surface area contributed by atoms with Crippen LogP contribution < -0.4 is 0 Å². The van der Waals surface area contributed by atoms with Crippen LogP contribution in [0.5, 0.6) is 0 Å². The third kappa shape index (κ3) is 3.35. The lowest BCUT2D eigenvalue weighted by atomic mass is 9.98. The maximum atomic E-state index is 11.3. The molecule has 0 fully saturated rings. The van der Waals surface area contributed by atoms with E-state index >= 15 is 0 Å². The van der Waals surface area contributed by atoms with Crippen molar-refractivity contribution in [3.05, 3.63) is 65.7 Å². The highest BCUT2D eigenvalue weighted by molar-refractivity contribution is 5.91. The third-order valence-electron chi connectivity index (χ3n) is 3.20. The summed E-state index contributed by atoms with van der Waals surface area (Å²) in [6, 6.07) is 16.5. The molecule has 0 aliphatic rings. The number of carbonyl (C=O) groups is 1. The number of hydrogen-bond acceptors (Lipinski definition) is 2. The minimum atomic E-state index is -0.330. The van der Waals surface area contributed by atoms with Crippen LogP contribution in [0.15, 0.2) is 54.6 Å². The Balaban J connectivity index is 2.38. The first-order chi connectivity index (χ1) is 9.60. The molecule has 0 saturated heterocycles. The van der Waals surface area contributed by atoms with Gasteiger partial charge < -0.3 is 4.74 Å². The molecule has 2 nitrogen and oxygen atoms in total. The topological polar surface area (TPSA) is 26.3 Å². The van der Waals surface area contributed by atoms with Crippen LogP contribution in [0.2, 0.25) is 0 Å². The van der Waals surface area contributed by atoms with Crippen molar-refractivity contribution < 1.29 is 9.53 Å². The Labute approximate surface area is 119 Å². The molecule has 102 valence electrons. The molecule has 2 aromatic rings. The molecule has 0 atom stereocenters. The third-order valence-corrected chi connectivity index (χ3v) is 3.20. The zero-order valence-corrected chi connectivity index (χ0v) is 12.0. The van der Waals surface area contributed by atoms with Crippen LogP contribution in [-0.2, 0) is 9.53 Å². The molecule has 0 amide bonds. The van der Waals surface area contributed by atoms with Crippen molar-refractivity contribution in [2.45, 2.75) is 13.8 Å². The van der Waals surface area contributed by atoms with Crippen LogP contribution in [0.4, 0.5) is 0 Å². The van der Waals surface area contributed by atoms with Crippen LogP contribution >= 0.6 is 0 Å². The molecular weight excluding hydrogens is 248 g/mol. The Bertz CT molecular complexity index is 654. The number of ether oxygens (including phenoxy) is 1. The fourth-order valence-corrected chi connectivity index (χ4v) is 2.09. The molecule has 0 unspecified atom stereocenters. The lowest BCUT2D eigenvalue weighted by molar-refractivity contribution is -0.134. The zero-order chi connectivity index (χ0) is 14.5. The van der Waals surface area contributed by atoms with Gasteiger partial charge in [-0.2, -0.15) is 0 Å².